The van der Waals surface area contributed by atoms with Crippen LogP contribution in [0.15, 0.2) is 36.4 Å². The molecule has 0 fully saturated rings. The number of anilines is 2. The molecule has 124 valence electrons. The zero-order chi connectivity index (χ0) is 17.3. The molecule has 2 amide bonds. The van der Waals surface area contributed by atoms with E-state index in [0.29, 0.717) is 9.26 Å². The quantitative estimate of drug-likeness (QED) is 0.722. The Kier molecular flexibility index (Phi) is 4.84. The predicted octanol–water partition coefficient (Wildman–Crippen LogP) is 3.98. The van der Waals surface area contributed by atoms with Crippen LogP contribution in [0, 0.1) is 9.39 Å². The molecule has 3 rings (SSSR count). The van der Waals surface area contributed by atoms with E-state index in [4.69, 9.17) is 0 Å². The normalized spacial score (nSPS) is 13.4. The fourth-order valence-corrected chi connectivity index (χ4v) is 3.18. The molecule has 0 radical (unpaired) electrons. The van der Waals surface area contributed by atoms with Crippen molar-refractivity contribution >= 4 is 45.8 Å². The standard InChI is InChI=1S/C18H16FIN2O2/c1-11(23)22-8-2-3-12-9-14(5-7-17(12)22)21-18(24)13-4-6-16(20)15(19)10-13/h4-7,9-10H,2-3,8H2,1H3,(H,21,24). The molecule has 0 bridgehead atoms. The largest absolute Gasteiger partial charge is 0.322 e. The minimum absolute atomic E-state index is 0.0158. The van der Waals surface area contributed by atoms with E-state index in [1.165, 1.54) is 6.07 Å². The molecule has 1 aliphatic heterocycles. The molecule has 0 saturated heterocycles. The molecule has 1 aliphatic rings. The molecule has 0 spiro atoms. The Morgan fingerprint density at radius 1 is 1.21 bits per heavy atom. The van der Waals surface area contributed by atoms with Crippen LogP contribution in [0.3, 0.4) is 0 Å². The summed E-state index contributed by atoms with van der Waals surface area (Å²) in [6.45, 7) is 2.27. The lowest BCUT2D eigenvalue weighted by molar-refractivity contribution is -0.116. The van der Waals surface area contributed by atoms with Crippen LogP contribution in [0.5, 0.6) is 0 Å². The molecular weight excluding hydrogens is 422 g/mol. The predicted molar refractivity (Wildman–Crippen MR) is 99.9 cm³/mol. The maximum atomic E-state index is 13.6. The van der Waals surface area contributed by atoms with Gasteiger partial charge in [-0.2, -0.15) is 0 Å². The van der Waals surface area contributed by atoms with E-state index >= 15 is 0 Å². The average Bonchev–Trinajstić information content (AvgIpc) is 2.56. The highest BCUT2D eigenvalue weighted by Crippen LogP contribution is 2.30. The van der Waals surface area contributed by atoms with Crippen LogP contribution in [-0.2, 0) is 11.2 Å². The Hall–Kier alpha value is -1.96. The third-order valence-electron chi connectivity index (χ3n) is 4.02. The second kappa shape index (κ2) is 6.88. The number of hydrogen-bond acceptors (Lipinski definition) is 2. The lowest BCUT2D eigenvalue weighted by Gasteiger charge is -2.29. The Bertz CT molecular complexity index is 823. The molecule has 0 aliphatic carbocycles. The van der Waals surface area contributed by atoms with E-state index in [0.717, 1.165) is 30.6 Å². The molecule has 0 saturated carbocycles. The fraction of sp³-hybridized carbons (Fsp3) is 0.222. The first-order chi connectivity index (χ1) is 11.5. The average molecular weight is 438 g/mol. The number of nitrogens with one attached hydrogen (secondary N) is 1. The Balaban J connectivity index is 1.82. The summed E-state index contributed by atoms with van der Waals surface area (Å²) in [5.74, 6) is -0.752. The Morgan fingerprint density at radius 2 is 2.00 bits per heavy atom. The summed E-state index contributed by atoms with van der Waals surface area (Å²) < 4.78 is 14.1. The molecule has 2 aromatic carbocycles. The van der Waals surface area contributed by atoms with Crippen LogP contribution >= 0.6 is 22.6 Å². The molecular formula is C18H16FIN2O2. The number of benzene rings is 2. The summed E-state index contributed by atoms with van der Waals surface area (Å²) in [5.41, 5.74) is 2.84. The van der Waals surface area contributed by atoms with Gasteiger partial charge in [-0.3, -0.25) is 9.59 Å². The van der Waals surface area contributed by atoms with Crippen molar-refractivity contribution in [3.05, 3.63) is 56.9 Å². The molecule has 1 N–H and O–H groups in total. The number of carbonyl (C=O) groups is 2. The second-order valence-electron chi connectivity index (χ2n) is 5.70. The number of fused-ring (bicyclic) bond motifs is 1. The van der Waals surface area contributed by atoms with E-state index in [1.54, 1.807) is 30.0 Å². The van der Waals surface area contributed by atoms with Gasteiger partial charge in [0, 0.05) is 34.0 Å². The summed E-state index contributed by atoms with van der Waals surface area (Å²) in [4.78, 5) is 25.7. The first kappa shape index (κ1) is 16.9. The SMILES string of the molecule is CC(=O)N1CCCc2cc(NC(=O)c3ccc(I)c(F)c3)ccc21. The number of carbonyl (C=O) groups excluding carboxylic acids is 2. The number of aryl methyl sites for hydroxylation is 1. The van der Waals surface area contributed by atoms with E-state index in [-0.39, 0.29) is 17.4 Å². The van der Waals surface area contributed by atoms with Gasteiger partial charge in [-0.15, -0.1) is 0 Å². The summed E-state index contributed by atoms with van der Waals surface area (Å²) in [6.07, 6.45) is 1.76. The molecule has 4 nitrogen and oxygen atoms in total. The van der Waals surface area contributed by atoms with Crippen LogP contribution in [0.25, 0.3) is 0 Å². The van der Waals surface area contributed by atoms with Crippen molar-refractivity contribution in [2.45, 2.75) is 19.8 Å². The lowest BCUT2D eigenvalue weighted by Crippen LogP contribution is -2.33. The number of amides is 2. The first-order valence-corrected chi connectivity index (χ1v) is 8.71. The van der Waals surface area contributed by atoms with Crippen molar-refractivity contribution in [3.8, 4) is 0 Å². The maximum absolute atomic E-state index is 13.6. The van der Waals surface area contributed by atoms with E-state index in [9.17, 15) is 14.0 Å². The van der Waals surface area contributed by atoms with Crippen molar-refractivity contribution in [1.29, 1.82) is 0 Å². The van der Waals surface area contributed by atoms with Crippen molar-refractivity contribution in [2.24, 2.45) is 0 Å². The van der Waals surface area contributed by atoms with Gasteiger partial charge in [0.1, 0.15) is 5.82 Å². The van der Waals surface area contributed by atoms with Crippen LogP contribution in [0.2, 0.25) is 0 Å². The van der Waals surface area contributed by atoms with Gasteiger partial charge in [-0.1, -0.05) is 0 Å². The highest BCUT2D eigenvalue weighted by atomic mass is 127. The molecule has 2 aromatic rings. The van der Waals surface area contributed by atoms with Crippen LogP contribution in [0.4, 0.5) is 15.8 Å². The van der Waals surface area contributed by atoms with E-state index in [1.807, 2.05) is 34.7 Å². The van der Waals surface area contributed by atoms with Crippen molar-refractivity contribution in [3.63, 3.8) is 0 Å². The monoisotopic (exact) mass is 438 g/mol. The first-order valence-electron chi connectivity index (χ1n) is 7.63. The molecule has 6 heteroatoms. The van der Waals surface area contributed by atoms with Gasteiger partial charge in [0.2, 0.25) is 5.91 Å². The van der Waals surface area contributed by atoms with Gasteiger partial charge in [-0.25, -0.2) is 4.39 Å². The van der Waals surface area contributed by atoms with Crippen molar-refractivity contribution < 1.29 is 14.0 Å². The van der Waals surface area contributed by atoms with Gasteiger partial charge < -0.3 is 10.2 Å². The highest BCUT2D eigenvalue weighted by Gasteiger charge is 2.20. The molecule has 0 atom stereocenters. The van der Waals surface area contributed by atoms with Gasteiger partial charge in [0.15, 0.2) is 0 Å². The van der Waals surface area contributed by atoms with E-state index < -0.39 is 5.82 Å². The summed E-state index contributed by atoms with van der Waals surface area (Å²) in [5, 5.41) is 2.79. The molecule has 24 heavy (non-hydrogen) atoms. The summed E-state index contributed by atoms with van der Waals surface area (Å²) in [7, 11) is 0. The van der Waals surface area contributed by atoms with Gasteiger partial charge >= 0.3 is 0 Å². The van der Waals surface area contributed by atoms with Crippen LogP contribution < -0.4 is 10.2 Å². The van der Waals surface area contributed by atoms with E-state index in [2.05, 4.69) is 5.32 Å². The molecule has 0 unspecified atom stereocenters. The number of hydrogen-bond donors (Lipinski definition) is 1. The van der Waals surface area contributed by atoms with Gasteiger partial charge in [0.25, 0.3) is 5.91 Å². The number of rotatable bonds is 2. The zero-order valence-electron chi connectivity index (χ0n) is 13.1. The number of nitrogens with zero attached hydrogens (tertiary/aromatic N) is 1. The Labute approximate surface area is 153 Å². The Morgan fingerprint density at radius 3 is 2.71 bits per heavy atom. The molecule has 0 aromatic heterocycles. The van der Waals surface area contributed by atoms with Crippen LogP contribution in [0.1, 0.15) is 29.3 Å². The highest BCUT2D eigenvalue weighted by molar-refractivity contribution is 14.1. The fourth-order valence-electron chi connectivity index (χ4n) is 2.84. The van der Waals surface area contributed by atoms with Gasteiger partial charge in [-0.05, 0) is 77.4 Å². The maximum Gasteiger partial charge on any atom is 0.255 e. The zero-order valence-corrected chi connectivity index (χ0v) is 15.3. The smallest absolute Gasteiger partial charge is 0.255 e. The lowest BCUT2D eigenvalue weighted by atomic mass is 10.0. The van der Waals surface area contributed by atoms with Crippen LogP contribution in [-0.4, -0.2) is 18.4 Å². The molecule has 1 heterocycles. The summed E-state index contributed by atoms with van der Waals surface area (Å²) in [6, 6.07) is 9.89. The second-order valence-corrected chi connectivity index (χ2v) is 6.86. The summed E-state index contributed by atoms with van der Waals surface area (Å²) >= 11 is 1.88. The third-order valence-corrected chi connectivity index (χ3v) is 4.89. The number of halogens is 2. The minimum atomic E-state index is -0.411. The van der Waals surface area contributed by atoms with Crippen molar-refractivity contribution in [2.75, 3.05) is 16.8 Å². The van der Waals surface area contributed by atoms with Gasteiger partial charge in [0.05, 0.1) is 0 Å². The minimum Gasteiger partial charge on any atom is -0.322 e. The third kappa shape index (κ3) is 3.43. The van der Waals surface area contributed by atoms with Crippen molar-refractivity contribution in [1.82, 2.24) is 0 Å². The topological polar surface area (TPSA) is 49.4 Å².